The summed E-state index contributed by atoms with van der Waals surface area (Å²) in [6.45, 7) is 0. The summed E-state index contributed by atoms with van der Waals surface area (Å²) < 4.78 is 10.1. The van der Waals surface area contributed by atoms with Crippen molar-refractivity contribution in [2.24, 2.45) is 0 Å². The van der Waals surface area contributed by atoms with Crippen molar-refractivity contribution in [1.82, 2.24) is 15.1 Å². The maximum atomic E-state index is 11.0. The number of phenols is 1. The van der Waals surface area contributed by atoms with Crippen LogP contribution in [0.25, 0.3) is 23.0 Å². The minimum Gasteiger partial charge on any atom is -0.507 e. The molecule has 3 aromatic rings. The monoisotopic (exact) mass is 314 g/mol. The maximum absolute atomic E-state index is 11.0. The Kier molecular flexibility index (Phi) is 3.59. The summed E-state index contributed by atoms with van der Waals surface area (Å²) in [4.78, 5) is 18.4. The van der Waals surface area contributed by atoms with Gasteiger partial charge in [-0.1, -0.05) is 5.16 Å². The predicted octanol–water partition coefficient (Wildman–Crippen LogP) is 2.42. The summed E-state index contributed by atoms with van der Waals surface area (Å²) in [5.74, 6) is 0.323. The van der Waals surface area contributed by atoms with Crippen molar-refractivity contribution in [3.05, 3.63) is 46.6 Å². The zero-order valence-corrected chi connectivity index (χ0v) is 11.8. The average molecular weight is 314 g/mol. The van der Waals surface area contributed by atoms with Gasteiger partial charge in [0, 0.05) is 18.3 Å². The fraction of sp³-hybridized carbons (Fsp3) is 0.0714. The van der Waals surface area contributed by atoms with E-state index in [-0.39, 0.29) is 34.4 Å². The second-order valence-electron chi connectivity index (χ2n) is 4.43. The molecule has 116 valence electrons. The fourth-order valence-corrected chi connectivity index (χ4v) is 1.96. The molecule has 0 saturated carbocycles. The zero-order chi connectivity index (χ0) is 16.4. The number of methoxy groups -OCH3 is 1. The van der Waals surface area contributed by atoms with E-state index in [0.717, 1.165) is 0 Å². The van der Waals surface area contributed by atoms with Gasteiger partial charge in [0.1, 0.15) is 11.5 Å². The Morgan fingerprint density at radius 2 is 2.17 bits per heavy atom. The van der Waals surface area contributed by atoms with Crippen LogP contribution in [0.15, 0.2) is 41.1 Å². The summed E-state index contributed by atoms with van der Waals surface area (Å²) >= 11 is 0. The highest BCUT2D eigenvalue weighted by atomic mass is 16.6. The Hall–Kier alpha value is -3.49. The molecule has 2 heterocycles. The van der Waals surface area contributed by atoms with Gasteiger partial charge in [-0.15, -0.1) is 0 Å². The molecule has 0 unspecified atom stereocenters. The first-order valence-corrected chi connectivity index (χ1v) is 6.41. The lowest BCUT2D eigenvalue weighted by Gasteiger charge is -2.02. The molecule has 0 atom stereocenters. The maximum Gasteiger partial charge on any atom is 0.298 e. The molecule has 2 aromatic heterocycles. The van der Waals surface area contributed by atoms with E-state index >= 15 is 0 Å². The van der Waals surface area contributed by atoms with Gasteiger partial charge in [0.15, 0.2) is 5.69 Å². The van der Waals surface area contributed by atoms with Crippen LogP contribution in [0.3, 0.4) is 0 Å². The van der Waals surface area contributed by atoms with E-state index in [9.17, 15) is 15.2 Å². The number of nitrogens with zero attached hydrogens (tertiary/aromatic N) is 4. The second-order valence-corrected chi connectivity index (χ2v) is 4.43. The first-order valence-electron chi connectivity index (χ1n) is 6.41. The molecule has 0 aliphatic carbocycles. The van der Waals surface area contributed by atoms with Crippen molar-refractivity contribution in [2.75, 3.05) is 7.11 Å². The number of rotatable bonds is 4. The second kappa shape index (κ2) is 5.72. The van der Waals surface area contributed by atoms with Crippen molar-refractivity contribution in [2.45, 2.75) is 0 Å². The molecule has 9 nitrogen and oxygen atoms in total. The zero-order valence-electron chi connectivity index (χ0n) is 11.8. The van der Waals surface area contributed by atoms with E-state index in [2.05, 4.69) is 15.1 Å². The molecule has 0 spiro atoms. The number of aromatic nitrogens is 3. The van der Waals surface area contributed by atoms with Gasteiger partial charge in [0.05, 0.1) is 17.6 Å². The quantitative estimate of drug-likeness (QED) is 0.575. The number of phenolic OH excluding ortho intramolecular Hbond substituents is 1. The number of pyridine rings is 1. The van der Waals surface area contributed by atoms with E-state index in [0.29, 0.717) is 5.75 Å². The SMILES string of the molecule is COc1ccc(-c2nc(-c3ncccc3[N+](=O)[O-])no2)c(O)c1. The number of nitro groups is 1. The van der Waals surface area contributed by atoms with Crippen molar-refractivity contribution in [3.63, 3.8) is 0 Å². The van der Waals surface area contributed by atoms with Crippen molar-refractivity contribution in [1.29, 1.82) is 0 Å². The van der Waals surface area contributed by atoms with Crippen LogP contribution in [-0.4, -0.2) is 32.3 Å². The fourth-order valence-electron chi connectivity index (χ4n) is 1.96. The van der Waals surface area contributed by atoms with Crippen molar-refractivity contribution >= 4 is 5.69 Å². The minimum atomic E-state index is -0.580. The number of hydrogen-bond acceptors (Lipinski definition) is 8. The van der Waals surface area contributed by atoms with Crippen LogP contribution in [0, 0.1) is 10.1 Å². The molecule has 1 aromatic carbocycles. The molecule has 23 heavy (non-hydrogen) atoms. The number of benzene rings is 1. The summed E-state index contributed by atoms with van der Waals surface area (Å²) in [6, 6.07) is 7.28. The van der Waals surface area contributed by atoms with E-state index < -0.39 is 4.92 Å². The lowest BCUT2D eigenvalue weighted by molar-refractivity contribution is -0.384. The molecule has 0 amide bonds. The highest BCUT2D eigenvalue weighted by molar-refractivity contribution is 5.68. The molecule has 0 bridgehead atoms. The molecule has 0 aliphatic heterocycles. The molecular weight excluding hydrogens is 304 g/mol. The van der Waals surface area contributed by atoms with E-state index in [1.165, 1.54) is 37.6 Å². The van der Waals surface area contributed by atoms with E-state index in [1.807, 2.05) is 0 Å². The van der Waals surface area contributed by atoms with Crippen LogP contribution in [0.5, 0.6) is 11.5 Å². The Labute approximate surface area is 129 Å². The van der Waals surface area contributed by atoms with Crippen LogP contribution in [-0.2, 0) is 0 Å². The predicted molar refractivity (Wildman–Crippen MR) is 77.8 cm³/mol. The van der Waals surface area contributed by atoms with E-state index in [1.54, 1.807) is 6.07 Å². The third-order valence-corrected chi connectivity index (χ3v) is 3.06. The average Bonchev–Trinajstić information content (AvgIpc) is 3.04. The van der Waals surface area contributed by atoms with Crippen LogP contribution in [0.1, 0.15) is 0 Å². The van der Waals surface area contributed by atoms with Crippen LogP contribution >= 0.6 is 0 Å². The van der Waals surface area contributed by atoms with Gasteiger partial charge < -0.3 is 14.4 Å². The minimum absolute atomic E-state index is 0.0134. The Balaban J connectivity index is 2.03. The van der Waals surface area contributed by atoms with Gasteiger partial charge in [-0.25, -0.2) is 4.98 Å². The van der Waals surface area contributed by atoms with Gasteiger partial charge in [-0.2, -0.15) is 4.98 Å². The highest BCUT2D eigenvalue weighted by Gasteiger charge is 2.22. The van der Waals surface area contributed by atoms with Crippen molar-refractivity contribution in [3.8, 4) is 34.5 Å². The van der Waals surface area contributed by atoms with Gasteiger partial charge in [0.25, 0.3) is 11.6 Å². The summed E-state index contributed by atoms with van der Waals surface area (Å²) in [5.41, 5.74) is 0.0300. The molecule has 0 aliphatic rings. The lowest BCUT2D eigenvalue weighted by Crippen LogP contribution is -1.95. The van der Waals surface area contributed by atoms with Crippen LogP contribution in [0.4, 0.5) is 5.69 Å². The molecule has 0 fully saturated rings. The molecule has 3 rings (SSSR count). The lowest BCUT2D eigenvalue weighted by atomic mass is 10.2. The Morgan fingerprint density at radius 3 is 2.87 bits per heavy atom. The van der Waals surface area contributed by atoms with Gasteiger partial charge in [0.2, 0.25) is 5.82 Å². The van der Waals surface area contributed by atoms with Gasteiger partial charge in [-0.3, -0.25) is 10.1 Å². The molecule has 9 heteroatoms. The molecule has 0 radical (unpaired) electrons. The normalized spacial score (nSPS) is 10.5. The number of aromatic hydroxyl groups is 1. The summed E-state index contributed by atoms with van der Waals surface area (Å²) in [7, 11) is 1.47. The third kappa shape index (κ3) is 2.67. The first-order chi connectivity index (χ1) is 11.1. The topological polar surface area (TPSA) is 124 Å². The Bertz CT molecular complexity index is 877. The highest BCUT2D eigenvalue weighted by Crippen LogP contribution is 2.33. The van der Waals surface area contributed by atoms with Gasteiger partial charge in [-0.05, 0) is 18.2 Å². The first kappa shape index (κ1) is 14.4. The molecule has 1 N–H and O–H groups in total. The third-order valence-electron chi connectivity index (χ3n) is 3.06. The Morgan fingerprint density at radius 1 is 1.35 bits per heavy atom. The molecular formula is C14H10N4O5. The molecule has 0 saturated heterocycles. The smallest absolute Gasteiger partial charge is 0.298 e. The summed E-state index contributed by atoms with van der Waals surface area (Å²) in [6.07, 6.45) is 1.39. The van der Waals surface area contributed by atoms with Crippen molar-refractivity contribution < 1.29 is 19.3 Å². The van der Waals surface area contributed by atoms with Crippen LogP contribution < -0.4 is 4.74 Å². The van der Waals surface area contributed by atoms with E-state index in [4.69, 9.17) is 9.26 Å². The van der Waals surface area contributed by atoms with Gasteiger partial charge >= 0.3 is 0 Å². The van der Waals surface area contributed by atoms with Crippen LogP contribution in [0.2, 0.25) is 0 Å². The number of ether oxygens (including phenoxy) is 1. The summed E-state index contributed by atoms with van der Waals surface area (Å²) in [5, 5.41) is 24.7. The standard InChI is InChI=1S/C14H10N4O5/c1-22-8-4-5-9(11(19)7-8)14-16-13(17-23-14)12-10(18(20)21)3-2-6-15-12/h2-7,19H,1H3. The number of hydrogen-bond donors (Lipinski definition) is 1. The largest absolute Gasteiger partial charge is 0.507 e.